The molecule has 35 heavy (non-hydrogen) atoms. The van der Waals surface area contributed by atoms with Crippen LogP contribution < -0.4 is 0 Å². The third kappa shape index (κ3) is 5.68. The van der Waals surface area contributed by atoms with Crippen molar-refractivity contribution in [3.63, 3.8) is 0 Å². The molecule has 0 unspecified atom stereocenters. The highest BCUT2D eigenvalue weighted by Gasteiger charge is 2.34. The van der Waals surface area contributed by atoms with Crippen LogP contribution in [0.5, 0.6) is 0 Å². The molecule has 4 nitrogen and oxygen atoms in total. The lowest BCUT2D eigenvalue weighted by atomic mass is 9.90. The first-order chi connectivity index (χ1) is 17.0. The SMILES string of the molecule is Cc1cccc(C2=NN(C(=O)CN3CCC(Cc4ccccc4)CC3)[C@H](c3ccc(F)cc3)C2)c1. The first kappa shape index (κ1) is 23.4. The van der Waals surface area contributed by atoms with Gasteiger partial charge in [-0.3, -0.25) is 9.69 Å². The van der Waals surface area contributed by atoms with Gasteiger partial charge in [0.2, 0.25) is 0 Å². The Kier molecular flexibility index (Phi) is 7.05. The van der Waals surface area contributed by atoms with E-state index in [1.54, 1.807) is 17.1 Å². The second-order valence-corrected chi connectivity index (χ2v) is 9.84. The predicted octanol–water partition coefficient (Wildman–Crippen LogP) is 5.77. The monoisotopic (exact) mass is 469 g/mol. The maximum absolute atomic E-state index is 13.6. The van der Waals surface area contributed by atoms with E-state index in [4.69, 9.17) is 5.10 Å². The largest absolute Gasteiger partial charge is 0.294 e. The van der Waals surface area contributed by atoms with Gasteiger partial charge in [-0.25, -0.2) is 9.40 Å². The number of hydrazone groups is 1. The van der Waals surface area contributed by atoms with Crippen molar-refractivity contribution in [3.05, 3.63) is 107 Å². The molecular weight excluding hydrogens is 437 g/mol. The van der Waals surface area contributed by atoms with Crippen LogP contribution in [0.2, 0.25) is 0 Å². The fourth-order valence-corrected chi connectivity index (χ4v) is 5.24. The molecule has 1 saturated heterocycles. The van der Waals surface area contributed by atoms with Crippen LogP contribution in [0.1, 0.15) is 47.6 Å². The number of rotatable bonds is 6. The van der Waals surface area contributed by atoms with Gasteiger partial charge in [-0.1, -0.05) is 72.3 Å². The van der Waals surface area contributed by atoms with Crippen LogP contribution in [0.25, 0.3) is 0 Å². The van der Waals surface area contributed by atoms with Crippen molar-refractivity contribution < 1.29 is 9.18 Å². The Morgan fingerprint density at radius 3 is 2.43 bits per heavy atom. The molecule has 3 aromatic carbocycles. The molecule has 5 rings (SSSR count). The molecule has 0 radical (unpaired) electrons. The van der Waals surface area contributed by atoms with Crippen molar-refractivity contribution in [2.24, 2.45) is 11.0 Å². The van der Waals surface area contributed by atoms with Crippen molar-refractivity contribution in [1.29, 1.82) is 0 Å². The molecule has 2 aliphatic rings. The average molecular weight is 470 g/mol. The molecule has 1 atom stereocenters. The predicted molar refractivity (Wildman–Crippen MR) is 138 cm³/mol. The summed E-state index contributed by atoms with van der Waals surface area (Å²) in [7, 11) is 0. The van der Waals surface area contributed by atoms with Crippen molar-refractivity contribution in [2.45, 2.75) is 38.6 Å². The lowest BCUT2D eigenvalue weighted by Gasteiger charge is -2.33. The summed E-state index contributed by atoms with van der Waals surface area (Å²) in [5.41, 5.74) is 5.39. The van der Waals surface area contributed by atoms with Gasteiger partial charge in [-0.2, -0.15) is 5.10 Å². The van der Waals surface area contributed by atoms with Crippen molar-refractivity contribution in [2.75, 3.05) is 19.6 Å². The van der Waals surface area contributed by atoms with Gasteiger partial charge in [-0.15, -0.1) is 0 Å². The van der Waals surface area contributed by atoms with Crippen LogP contribution in [0.4, 0.5) is 4.39 Å². The summed E-state index contributed by atoms with van der Waals surface area (Å²) >= 11 is 0. The van der Waals surface area contributed by atoms with E-state index in [0.717, 1.165) is 54.8 Å². The zero-order chi connectivity index (χ0) is 24.2. The molecule has 1 amide bonds. The number of halogens is 1. The molecule has 0 aliphatic carbocycles. The maximum Gasteiger partial charge on any atom is 0.257 e. The zero-order valence-electron chi connectivity index (χ0n) is 20.2. The number of hydrogen-bond donors (Lipinski definition) is 0. The smallest absolute Gasteiger partial charge is 0.257 e. The molecule has 180 valence electrons. The van der Waals surface area contributed by atoms with E-state index in [-0.39, 0.29) is 17.8 Å². The molecule has 0 bridgehead atoms. The van der Waals surface area contributed by atoms with E-state index >= 15 is 0 Å². The Labute approximate surface area is 207 Å². The Morgan fingerprint density at radius 1 is 0.971 bits per heavy atom. The Balaban J connectivity index is 1.27. The van der Waals surface area contributed by atoms with Crippen LogP contribution in [-0.2, 0) is 11.2 Å². The Bertz CT molecular complexity index is 1180. The second-order valence-electron chi connectivity index (χ2n) is 9.84. The fourth-order valence-electron chi connectivity index (χ4n) is 5.24. The van der Waals surface area contributed by atoms with E-state index in [1.165, 1.54) is 17.7 Å². The highest BCUT2D eigenvalue weighted by atomic mass is 19.1. The van der Waals surface area contributed by atoms with Gasteiger partial charge < -0.3 is 0 Å². The van der Waals surface area contributed by atoms with E-state index in [0.29, 0.717) is 18.9 Å². The molecule has 0 aromatic heterocycles. The number of likely N-dealkylation sites (tertiary alicyclic amines) is 1. The number of amides is 1. The summed E-state index contributed by atoms with van der Waals surface area (Å²) in [6, 6.07) is 25.1. The normalized spacial score (nSPS) is 19.1. The lowest BCUT2D eigenvalue weighted by Crippen LogP contribution is -2.42. The van der Waals surface area contributed by atoms with Crippen LogP contribution >= 0.6 is 0 Å². The molecule has 0 saturated carbocycles. The van der Waals surface area contributed by atoms with E-state index in [9.17, 15) is 9.18 Å². The Hall–Kier alpha value is -3.31. The van der Waals surface area contributed by atoms with Gasteiger partial charge in [-0.05, 0) is 74.0 Å². The summed E-state index contributed by atoms with van der Waals surface area (Å²) in [5, 5.41) is 6.44. The third-order valence-corrected chi connectivity index (χ3v) is 7.21. The van der Waals surface area contributed by atoms with Crippen molar-refractivity contribution >= 4 is 11.6 Å². The Morgan fingerprint density at radius 2 is 1.71 bits per heavy atom. The minimum Gasteiger partial charge on any atom is -0.294 e. The number of carbonyl (C=O) groups excluding carboxylic acids is 1. The number of aryl methyl sites for hydroxylation is 1. The average Bonchev–Trinajstić information content (AvgIpc) is 3.32. The van der Waals surface area contributed by atoms with Crippen LogP contribution in [0.3, 0.4) is 0 Å². The molecule has 3 aromatic rings. The van der Waals surface area contributed by atoms with Gasteiger partial charge in [0, 0.05) is 6.42 Å². The molecule has 5 heteroatoms. The summed E-state index contributed by atoms with van der Waals surface area (Å²) in [6.45, 7) is 4.26. The van der Waals surface area contributed by atoms with Gasteiger partial charge in [0.05, 0.1) is 18.3 Å². The molecule has 2 heterocycles. The minimum atomic E-state index is -0.275. The molecule has 0 spiro atoms. The number of piperidine rings is 1. The van der Waals surface area contributed by atoms with Crippen molar-refractivity contribution in [1.82, 2.24) is 9.91 Å². The van der Waals surface area contributed by atoms with Crippen LogP contribution in [0.15, 0.2) is 84.0 Å². The third-order valence-electron chi connectivity index (χ3n) is 7.21. The quantitative estimate of drug-likeness (QED) is 0.460. The van der Waals surface area contributed by atoms with Crippen molar-refractivity contribution in [3.8, 4) is 0 Å². The highest BCUT2D eigenvalue weighted by Crippen LogP contribution is 2.33. The molecule has 1 fully saturated rings. The minimum absolute atomic E-state index is 0.00323. The van der Waals surface area contributed by atoms with E-state index in [2.05, 4.69) is 54.3 Å². The number of benzene rings is 3. The van der Waals surface area contributed by atoms with Crippen LogP contribution in [-0.4, -0.2) is 41.2 Å². The summed E-state index contributed by atoms with van der Waals surface area (Å²) in [6.07, 6.45) is 3.92. The summed E-state index contributed by atoms with van der Waals surface area (Å²) in [4.78, 5) is 15.7. The lowest BCUT2D eigenvalue weighted by molar-refractivity contribution is -0.134. The number of carbonyl (C=O) groups is 1. The molecule has 2 aliphatic heterocycles. The second kappa shape index (κ2) is 10.5. The zero-order valence-corrected chi connectivity index (χ0v) is 20.2. The standard InChI is InChI=1S/C30H32FN3O/c1-22-6-5-9-26(18-22)28-20-29(25-10-12-27(31)13-11-25)34(32-28)30(35)21-33-16-14-24(15-17-33)19-23-7-3-2-4-8-23/h2-13,18,24,29H,14-17,19-21H2,1H3/t29-/m0/s1. The van der Waals surface area contributed by atoms with Gasteiger partial charge in [0.25, 0.3) is 5.91 Å². The fraction of sp³-hybridized carbons (Fsp3) is 0.333. The van der Waals surface area contributed by atoms with Gasteiger partial charge in [0.1, 0.15) is 5.82 Å². The van der Waals surface area contributed by atoms with Gasteiger partial charge >= 0.3 is 0 Å². The number of hydrogen-bond acceptors (Lipinski definition) is 3. The van der Waals surface area contributed by atoms with E-state index in [1.807, 2.05) is 12.1 Å². The number of nitrogens with zero attached hydrogens (tertiary/aromatic N) is 3. The topological polar surface area (TPSA) is 35.9 Å². The maximum atomic E-state index is 13.6. The van der Waals surface area contributed by atoms with E-state index < -0.39 is 0 Å². The summed E-state index contributed by atoms with van der Waals surface area (Å²) < 4.78 is 13.6. The first-order valence-electron chi connectivity index (χ1n) is 12.5. The highest BCUT2D eigenvalue weighted by molar-refractivity contribution is 6.03. The molecule has 0 N–H and O–H groups in total. The van der Waals surface area contributed by atoms with Crippen LogP contribution in [0, 0.1) is 18.7 Å². The van der Waals surface area contributed by atoms with Gasteiger partial charge in [0.15, 0.2) is 0 Å². The molecular formula is C30H32FN3O. The summed E-state index contributed by atoms with van der Waals surface area (Å²) in [5.74, 6) is 0.389. The first-order valence-corrected chi connectivity index (χ1v) is 12.5.